The van der Waals surface area contributed by atoms with Gasteiger partial charge in [-0.25, -0.2) is 8.78 Å². The summed E-state index contributed by atoms with van der Waals surface area (Å²) in [6, 6.07) is 3.32. The summed E-state index contributed by atoms with van der Waals surface area (Å²) < 4.78 is 25.7. The van der Waals surface area contributed by atoms with Crippen LogP contribution in [0.5, 0.6) is 0 Å². The third-order valence-electron chi connectivity index (χ3n) is 2.21. The van der Waals surface area contributed by atoms with E-state index < -0.39 is 35.5 Å². The van der Waals surface area contributed by atoms with E-state index in [2.05, 4.69) is 0 Å². The quantitative estimate of drug-likeness (QED) is 0.636. The number of rotatable bonds is 5. The van der Waals surface area contributed by atoms with E-state index >= 15 is 0 Å². The number of hydrogen-bond donors (Lipinski definition) is 2. The largest absolute Gasteiger partial charge is 0.346 e. The fourth-order valence-electron chi connectivity index (χ4n) is 1.22. The Morgan fingerprint density at radius 3 is 2.68 bits per heavy atom. The molecule has 0 fully saturated rings. The lowest BCUT2D eigenvalue weighted by atomic mass is 10.1. The third kappa shape index (κ3) is 4.11. The maximum absolute atomic E-state index is 12.9. The highest BCUT2D eigenvalue weighted by Crippen LogP contribution is 2.23. The standard InChI is InChI=1S/C10H10ClF2N3O3/c11-6-1-2-7(8(3-6)16(18)19)9(17)15-5-10(12,13)4-14/h1-3H,4-5,14H2,(H,15,17). The molecule has 1 aromatic rings. The average Bonchev–Trinajstić information content (AvgIpc) is 2.36. The predicted molar refractivity (Wildman–Crippen MR) is 64.4 cm³/mol. The number of nitrogens with one attached hydrogen (secondary N) is 1. The van der Waals surface area contributed by atoms with Crippen LogP contribution in [0.4, 0.5) is 14.5 Å². The molecule has 104 valence electrons. The number of nitro benzene ring substituents is 1. The first-order valence-corrected chi connectivity index (χ1v) is 5.44. The Kier molecular flexibility index (Phi) is 4.73. The van der Waals surface area contributed by atoms with Gasteiger partial charge in [-0.2, -0.15) is 0 Å². The lowest BCUT2D eigenvalue weighted by Crippen LogP contribution is -2.41. The summed E-state index contributed by atoms with van der Waals surface area (Å²) in [5.41, 5.74) is 3.90. The Bertz CT molecular complexity index is 511. The maximum atomic E-state index is 12.9. The molecule has 0 atom stereocenters. The van der Waals surface area contributed by atoms with Gasteiger partial charge in [0.2, 0.25) is 0 Å². The summed E-state index contributed by atoms with van der Waals surface area (Å²) in [6.45, 7) is -1.93. The van der Waals surface area contributed by atoms with Gasteiger partial charge >= 0.3 is 0 Å². The second kappa shape index (κ2) is 5.89. The molecular weight excluding hydrogens is 284 g/mol. The van der Waals surface area contributed by atoms with Gasteiger partial charge in [0, 0.05) is 11.1 Å². The molecule has 0 aromatic heterocycles. The van der Waals surface area contributed by atoms with Crippen LogP contribution in [-0.2, 0) is 0 Å². The summed E-state index contributed by atoms with van der Waals surface area (Å²) in [4.78, 5) is 21.5. The fraction of sp³-hybridized carbons (Fsp3) is 0.300. The molecule has 0 aliphatic heterocycles. The highest BCUT2D eigenvalue weighted by Gasteiger charge is 2.29. The minimum atomic E-state index is -3.27. The topological polar surface area (TPSA) is 98.3 Å². The number of carbonyl (C=O) groups is 1. The first-order chi connectivity index (χ1) is 8.76. The van der Waals surface area contributed by atoms with Crippen molar-refractivity contribution in [1.82, 2.24) is 5.32 Å². The normalized spacial score (nSPS) is 11.2. The van der Waals surface area contributed by atoms with Crippen LogP contribution in [0.15, 0.2) is 18.2 Å². The van der Waals surface area contributed by atoms with E-state index in [0.717, 1.165) is 12.1 Å². The van der Waals surface area contributed by atoms with Crippen LogP contribution >= 0.6 is 11.6 Å². The second-order valence-corrected chi connectivity index (χ2v) is 4.10. The van der Waals surface area contributed by atoms with Gasteiger partial charge in [0.15, 0.2) is 0 Å². The zero-order chi connectivity index (χ0) is 14.6. The Morgan fingerprint density at radius 2 is 2.16 bits per heavy atom. The van der Waals surface area contributed by atoms with Crippen molar-refractivity contribution in [1.29, 1.82) is 0 Å². The Labute approximate surface area is 111 Å². The molecule has 0 radical (unpaired) electrons. The number of nitro groups is 1. The molecule has 0 aliphatic carbocycles. The Morgan fingerprint density at radius 1 is 1.53 bits per heavy atom. The zero-order valence-corrected chi connectivity index (χ0v) is 10.3. The number of halogens is 3. The van der Waals surface area contributed by atoms with Crippen LogP contribution < -0.4 is 11.1 Å². The molecule has 0 spiro atoms. The van der Waals surface area contributed by atoms with E-state index in [9.17, 15) is 23.7 Å². The van der Waals surface area contributed by atoms with Gasteiger partial charge in [-0.15, -0.1) is 0 Å². The minimum Gasteiger partial charge on any atom is -0.346 e. The number of benzene rings is 1. The van der Waals surface area contributed by atoms with Gasteiger partial charge in [-0.3, -0.25) is 14.9 Å². The van der Waals surface area contributed by atoms with Crippen LogP contribution in [0.25, 0.3) is 0 Å². The molecule has 0 aliphatic rings. The summed E-state index contributed by atoms with van der Waals surface area (Å²) in [6.07, 6.45) is 0. The summed E-state index contributed by atoms with van der Waals surface area (Å²) in [5.74, 6) is -4.26. The van der Waals surface area contributed by atoms with E-state index in [1.807, 2.05) is 5.32 Å². The van der Waals surface area contributed by atoms with Crippen LogP contribution in [0.2, 0.25) is 5.02 Å². The van der Waals surface area contributed by atoms with E-state index in [-0.39, 0.29) is 10.6 Å². The van der Waals surface area contributed by atoms with Crippen molar-refractivity contribution in [2.75, 3.05) is 13.1 Å². The highest BCUT2D eigenvalue weighted by atomic mass is 35.5. The van der Waals surface area contributed by atoms with Gasteiger partial charge in [0.05, 0.1) is 18.0 Å². The molecular formula is C10H10ClF2N3O3. The number of alkyl halides is 2. The molecule has 1 rings (SSSR count). The Balaban J connectivity index is 2.91. The second-order valence-electron chi connectivity index (χ2n) is 3.66. The van der Waals surface area contributed by atoms with Crippen LogP contribution in [0.1, 0.15) is 10.4 Å². The maximum Gasteiger partial charge on any atom is 0.283 e. The summed E-state index contributed by atoms with van der Waals surface area (Å²) in [7, 11) is 0. The monoisotopic (exact) mass is 293 g/mol. The molecule has 0 saturated heterocycles. The molecule has 0 saturated carbocycles. The van der Waals surface area contributed by atoms with Crippen molar-refractivity contribution in [3.8, 4) is 0 Å². The van der Waals surface area contributed by atoms with Gasteiger partial charge < -0.3 is 11.1 Å². The molecule has 1 aromatic carbocycles. The minimum absolute atomic E-state index is 0.0653. The van der Waals surface area contributed by atoms with Crippen molar-refractivity contribution >= 4 is 23.2 Å². The number of hydrogen-bond acceptors (Lipinski definition) is 4. The molecule has 6 nitrogen and oxygen atoms in total. The molecule has 3 N–H and O–H groups in total. The van der Waals surface area contributed by atoms with Gasteiger partial charge in [-0.1, -0.05) is 11.6 Å². The highest BCUT2D eigenvalue weighted by molar-refractivity contribution is 6.31. The molecule has 0 unspecified atom stereocenters. The first kappa shape index (κ1) is 15.3. The average molecular weight is 294 g/mol. The van der Waals surface area contributed by atoms with E-state index in [1.54, 1.807) is 0 Å². The van der Waals surface area contributed by atoms with Gasteiger partial charge in [-0.05, 0) is 12.1 Å². The zero-order valence-electron chi connectivity index (χ0n) is 9.53. The fourth-order valence-corrected chi connectivity index (χ4v) is 1.39. The lowest BCUT2D eigenvalue weighted by Gasteiger charge is -2.14. The molecule has 9 heteroatoms. The van der Waals surface area contributed by atoms with Gasteiger partial charge in [0.1, 0.15) is 5.56 Å². The molecule has 0 bridgehead atoms. The van der Waals surface area contributed by atoms with Crippen LogP contribution in [0.3, 0.4) is 0 Å². The number of nitrogens with two attached hydrogens (primary N) is 1. The molecule has 0 heterocycles. The van der Waals surface area contributed by atoms with E-state index in [1.165, 1.54) is 6.07 Å². The lowest BCUT2D eigenvalue weighted by molar-refractivity contribution is -0.385. The van der Waals surface area contributed by atoms with E-state index in [4.69, 9.17) is 17.3 Å². The SMILES string of the molecule is NCC(F)(F)CNC(=O)c1ccc(Cl)cc1[N+](=O)[O-]. The van der Waals surface area contributed by atoms with Crippen molar-refractivity contribution in [2.24, 2.45) is 5.73 Å². The Hall–Kier alpha value is -1.80. The van der Waals surface area contributed by atoms with E-state index in [0.29, 0.717) is 0 Å². The van der Waals surface area contributed by atoms with Crippen molar-refractivity contribution in [3.63, 3.8) is 0 Å². The van der Waals surface area contributed by atoms with Crippen molar-refractivity contribution in [3.05, 3.63) is 38.9 Å². The van der Waals surface area contributed by atoms with Gasteiger partial charge in [0.25, 0.3) is 17.5 Å². The van der Waals surface area contributed by atoms with Crippen LogP contribution in [0, 0.1) is 10.1 Å². The summed E-state index contributed by atoms with van der Waals surface area (Å²) >= 11 is 5.57. The number of nitrogens with zero attached hydrogens (tertiary/aromatic N) is 1. The smallest absolute Gasteiger partial charge is 0.283 e. The van der Waals surface area contributed by atoms with Crippen molar-refractivity contribution < 1.29 is 18.5 Å². The third-order valence-corrected chi connectivity index (χ3v) is 2.44. The van der Waals surface area contributed by atoms with Crippen molar-refractivity contribution in [2.45, 2.75) is 5.92 Å². The predicted octanol–water partition coefficient (Wildman–Crippen LogP) is 1.57. The number of amides is 1. The molecule has 1 amide bonds. The van der Waals surface area contributed by atoms with Crippen LogP contribution in [-0.4, -0.2) is 29.8 Å². The molecule has 19 heavy (non-hydrogen) atoms. The number of carbonyl (C=O) groups excluding carboxylic acids is 1. The first-order valence-electron chi connectivity index (χ1n) is 5.07. The summed E-state index contributed by atoms with van der Waals surface area (Å²) in [5, 5.41) is 12.7.